The lowest BCUT2D eigenvalue weighted by Crippen LogP contribution is -2.50. The van der Waals surface area contributed by atoms with Gasteiger partial charge in [0, 0.05) is 19.0 Å². The molecule has 6 nitrogen and oxygen atoms in total. The summed E-state index contributed by atoms with van der Waals surface area (Å²) in [6, 6.07) is 3.37. The van der Waals surface area contributed by atoms with E-state index in [1.54, 1.807) is 12.1 Å². The van der Waals surface area contributed by atoms with Crippen LogP contribution >= 0.6 is 27.3 Å². The Hall–Kier alpha value is -0.770. The van der Waals surface area contributed by atoms with Gasteiger partial charge in [-0.3, -0.25) is 9.79 Å². The maximum Gasteiger partial charge on any atom is 0.253 e. The SMILES string of the molecule is O=C1NC(C2CCCCC2)=NC12CCN(S(=O)(=O)c1ccc(Br)s1)CC2. The maximum atomic E-state index is 12.8. The van der Waals surface area contributed by atoms with Gasteiger partial charge in [0.2, 0.25) is 0 Å². The standard InChI is InChI=1S/C17H22BrN3O3S2/c18-13-6-7-14(25-13)26(23,24)21-10-8-17(9-11-21)16(22)19-15(20-17)12-4-2-1-3-5-12/h6-7,12H,1-5,8-11H2,(H,19,20,22). The zero-order valence-corrected chi connectivity index (χ0v) is 17.6. The Morgan fingerprint density at radius 2 is 1.88 bits per heavy atom. The molecule has 2 fully saturated rings. The fourth-order valence-electron chi connectivity index (χ4n) is 4.11. The molecule has 4 rings (SSSR count). The van der Waals surface area contributed by atoms with Gasteiger partial charge in [0.25, 0.3) is 15.9 Å². The summed E-state index contributed by atoms with van der Waals surface area (Å²) in [4.78, 5) is 17.4. The summed E-state index contributed by atoms with van der Waals surface area (Å²) >= 11 is 4.53. The van der Waals surface area contributed by atoms with Gasteiger partial charge in [-0.25, -0.2) is 8.42 Å². The van der Waals surface area contributed by atoms with Crippen molar-refractivity contribution in [3.8, 4) is 0 Å². The molecule has 1 aromatic heterocycles. The number of amidine groups is 1. The van der Waals surface area contributed by atoms with E-state index in [2.05, 4.69) is 21.2 Å². The van der Waals surface area contributed by atoms with Crippen molar-refractivity contribution in [2.24, 2.45) is 10.9 Å². The van der Waals surface area contributed by atoms with Crippen LogP contribution in [0.1, 0.15) is 44.9 Å². The molecule has 1 saturated carbocycles. The van der Waals surface area contributed by atoms with E-state index in [4.69, 9.17) is 4.99 Å². The van der Waals surface area contributed by atoms with Crippen LogP contribution in [-0.2, 0) is 14.8 Å². The summed E-state index contributed by atoms with van der Waals surface area (Å²) in [5.74, 6) is 1.15. The van der Waals surface area contributed by atoms with Crippen LogP contribution in [0.4, 0.5) is 0 Å². The molecule has 1 aromatic rings. The van der Waals surface area contributed by atoms with Crippen molar-refractivity contribution < 1.29 is 13.2 Å². The highest BCUT2D eigenvalue weighted by Crippen LogP contribution is 2.36. The van der Waals surface area contributed by atoms with E-state index in [0.717, 1.165) is 22.5 Å². The number of amides is 1. The minimum Gasteiger partial charge on any atom is -0.312 e. The van der Waals surface area contributed by atoms with Crippen LogP contribution < -0.4 is 5.32 Å². The third-order valence-corrected chi connectivity index (χ3v) is 9.67. The minimum atomic E-state index is -3.50. The number of halogens is 1. The van der Waals surface area contributed by atoms with Gasteiger partial charge >= 0.3 is 0 Å². The van der Waals surface area contributed by atoms with Crippen LogP contribution in [-0.4, -0.2) is 43.1 Å². The highest BCUT2D eigenvalue weighted by atomic mass is 79.9. The number of carbonyl (C=O) groups excluding carboxylic acids is 1. The van der Waals surface area contributed by atoms with Gasteiger partial charge in [0.15, 0.2) is 0 Å². The van der Waals surface area contributed by atoms with Crippen molar-refractivity contribution in [1.29, 1.82) is 0 Å². The maximum absolute atomic E-state index is 12.8. The lowest BCUT2D eigenvalue weighted by molar-refractivity contribution is -0.125. The summed E-state index contributed by atoms with van der Waals surface area (Å²) in [5.41, 5.74) is -0.769. The van der Waals surface area contributed by atoms with Crippen molar-refractivity contribution in [2.75, 3.05) is 13.1 Å². The first-order chi connectivity index (χ1) is 12.4. The highest BCUT2D eigenvalue weighted by Gasteiger charge is 2.48. The minimum absolute atomic E-state index is 0.0472. The van der Waals surface area contributed by atoms with Gasteiger partial charge < -0.3 is 5.32 Å². The first kappa shape index (κ1) is 18.6. The van der Waals surface area contributed by atoms with Gasteiger partial charge in [-0.15, -0.1) is 11.3 Å². The zero-order valence-electron chi connectivity index (χ0n) is 14.4. The molecule has 26 heavy (non-hydrogen) atoms. The summed E-state index contributed by atoms with van der Waals surface area (Å²) in [6.07, 6.45) is 6.70. The largest absolute Gasteiger partial charge is 0.312 e. The van der Waals surface area contributed by atoms with Crippen LogP contribution in [0.2, 0.25) is 0 Å². The molecule has 0 bridgehead atoms. The third kappa shape index (κ3) is 3.27. The van der Waals surface area contributed by atoms with Gasteiger partial charge in [0.05, 0.1) is 3.79 Å². The predicted molar refractivity (Wildman–Crippen MR) is 105 cm³/mol. The Balaban J connectivity index is 1.49. The lowest BCUT2D eigenvalue weighted by Gasteiger charge is -2.34. The second kappa shape index (κ2) is 7.00. The molecular formula is C17H22BrN3O3S2. The Kier molecular flexibility index (Phi) is 5.00. The number of sulfonamides is 1. The number of rotatable bonds is 3. The van der Waals surface area contributed by atoms with E-state index in [9.17, 15) is 13.2 Å². The molecule has 1 amide bonds. The number of nitrogens with zero attached hydrogens (tertiary/aromatic N) is 2. The number of thiophene rings is 1. The second-order valence-electron chi connectivity index (χ2n) is 7.28. The van der Waals surface area contributed by atoms with E-state index in [1.165, 1.54) is 34.9 Å². The summed E-state index contributed by atoms with van der Waals surface area (Å²) in [6.45, 7) is 0.652. The Labute approximate surface area is 166 Å². The number of hydrogen-bond acceptors (Lipinski definition) is 5. The van der Waals surface area contributed by atoms with E-state index < -0.39 is 15.6 Å². The summed E-state index contributed by atoms with van der Waals surface area (Å²) in [5, 5.41) is 3.01. The van der Waals surface area contributed by atoms with E-state index >= 15 is 0 Å². The van der Waals surface area contributed by atoms with Gasteiger partial charge in [-0.1, -0.05) is 19.3 Å². The zero-order chi connectivity index (χ0) is 18.4. The molecular weight excluding hydrogens is 438 g/mol. The van der Waals surface area contributed by atoms with Crippen LogP contribution in [0.15, 0.2) is 25.1 Å². The first-order valence-corrected chi connectivity index (χ1v) is 12.1. The van der Waals surface area contributed by atoms with Crippen molar-refractivity contribution in [2.45, 2.75) is 54.7 Å². The average Bonchev–Trinajstić information content (AvgIpc) is 3.21. The third-order valence-electron chi connectivity index (χ3n) is 5.68. The first-order valence-electron chi connectivity index (χ1n) is 9.07. The molecule has 0 radical (unpaired) electrons. The fourth-order valence-corrected chi connectivity index (χ4v) is 7.72. The van der Waals surface area contributed by atoms with Crippen molar-refractivity contribution in [3.05, 3.63) is 15.9 Å². The quantitative estimate of drug-likeness (QED) is 0.753. The molecule has 142 valence electrons. The summed E-state index contributed by atoms with van der Waals surface area (Å²) < 4.78 is 28.2. The molecule has 1 spiro atoms. The Bertz CT molecular complexity index is 835. The molecule has 0 unspecified atom stereocenters. The molecule has 3 aliphatic rings. The second-order valence-corrected chi connectivity index (χ2v) is 11.9. The molecule has 2 aliphatic heterocycles. The van der Waals surface area contributed by atoms with Crippen molar-refractivity contribution in [1.82, 2.24) is 9.62 Å². The molecule has 0 atom stereocenters. The molecule has 9 heteroatoms. The van der Waals surface area contributed by atoms with Crippen molar-refractivity contribution >= 4 is 49.0 Å². The van der Waals surface area contributed by atoms with E-state index in [1.807, 2.05) is 0 Å². The van der Waals surface area contributed by atoms with Crippen LogP contribution in [0.25, 0.3) is 0 Å². The van der Waals surface area contributed by atoms with Crippen molar-refractivity contribution in [3.63, 3.8) is 0 Å². The van der Waals surface area contributed by atoms with Gasteiger partial charge in [-0.05, 0) is 53.7 Å². The Morgan fingerprint density at radius 1 is 1.19 bits per heavy atom. The number of aliphatic imine (C=N–C) groups is 1. The van der Waals surface area contributed by atoms with Crippen LogP contribution in [0.3, 0.4) is 0 Å². The fraction of sp³-hybridized carbons (Fsp3) is 0.647. The van der Waals surface area contributed by atoms with Crippen LogP contribution in [0, 0.1) is 5.92 Å². The number of hydrogen-bond donors (Lipinski definition) is 1. The van der Waals surface area contributed by atoms with Gasteiger partial charge in [-0.2, -0.15) is 4.31 Å². The summed E-state index contributed by atoms with van der Waals surface area (Å²) in [7, 11) is -3.50. The molecule has 1 N–H and O–H groups in total. The van der Waals surface area contributed by atoms with E-state index in [0.29, 0.717) is 36.1 Å². The van der Waals surface area contributed by atoms with Crippen LogP contribution in [0.5, 0.6) is 0 Å². The average molecular weight is 460 g/mol. The number of nitrogens with one attached hydrogen (secondary N) is 1. The number of carbonyl (C=O) groups is 1. The smallest absolute Gasteiger partial charge is 0.253 e. The highest BCUT2D eigenvalue weighted by molar-refractivity contribution is 9.11. The monoisotopic (exact) mass is 459 g/mol. The molecule has 1 aliphatic carbocycles. The topological polar surface area (TPSA) is 78.8 Å². The lowest BCUT2D eigenvalue weighted by atomic mass is 9.88. The Morgan fingerprint density at radius 3 is 2.50 bits per heavy atom. The molecule has 1 saturated heterocycles. The number of piperidine rings is 1. The van der Waals surface area contributed by atoms with E-state index in [-0.39, 0.29) is 5.91 Å². The normalized spacial score (nSPS) is 24.7. The molecule has 0 aromatic carbocycles. The predicted octanol–water partition coefficient (Wildman–Crippen LogP) is 3.14. The van der Waals surface area contributed by atoms with Gasteiger partial charge in [0.1, 0.15) is 15.6 Å². The molecule has 3 heterocycles.